The van der Waals surface area contributed by atoms with Gasteiger partial charge in [0.25, 0.3) is 0 Å². The normalized spacial score (nSPS) is 22.5. The Kier molecular flexibility index (Phi) is 26.4. The molecule has 4 aliphatic heterocycles. The number of carbonyl (C=O) groups is 1. The number of rotatable bonds is 0. The third kappa shape index (κ3) is 26.7. The Morgan fingerprint density at radius 3 is 0.951 bits per heavy atom. The van der Waals surface area contributed by atoms with Crippen molar-refractivity contribution < 1.29 is 4.79 Å². The van der Waals surface area contributed by atoms with Gasteiger partial charge in [0, 0.05) is 28.6 Å². The fraction of sp³-hybridized carbons (Fsp3) is 0.946. The van der Waals surface area contributed by atoms with E-state index in [1.807, 2.05) is 0 Å². The van der Waals surface area contributed by atoms with Crippen LogP contribution >= 0.6 is 0 Å². The van der Waals surface area contributed by atoms with Crippen molar-refractivity contribution in [3.63, 3.8) is 0 Å². The number of nitrogens with zero attached hydrogens (tertiary/aromatic N) is 4. The predicted octanol–water partition coefficient (Wildman–Crippen LogP) is 15.4. The molecule has 0 aromatic carbocycles. The highest BCUT2D eigenvalue weighted by Gasteiger charge is 2.28. The van der Waals surface area contributed by atoms with Gasteiger partial charge in [-0.2, -0.15) is 0 Å². The first-order valence-electron chi connectivity index (χ1n) is 26.2. The van der Waals surface area contributed by atoms with Crippen molar-refractivity contribution in [2.45, 2.75) is 275 Å². The summed E-state index contributed by atoms with van der Waals surface area (Å²) in [5.74, 6) is 1.40. The molecule has 4 heterocycles. The highest BCUT2D eigenvalue weighted by atomic mass is 16.1. The summed E-state index contributed by atoms with van der Waals surface area (Å²) in [4.78, 5) is 21.1. The Hall–Kier alpha value is -0.750. The molecule has 1 saturated carbocycles. The predicted molar refractivity (Wildman–Crippen MR) is 273 cm³/mol. The van der Waals surface area contributed by atoms with Gasteiger partial charge in [0.05, 0.1) is 6.54 Å². The van der Waals surface area contributed by atoms with E-state index in [1.165, 1.54) is 155 Å². The van der Waals surface area contributed by atoms with E-state index in [9.17, 15) is 4.79 Å². The molecule has 0 spiro atoms. The fourth-order valence-corrected chi connectivity index (χ4v) is 9.59. The Morgan fingerprint density at radius 1 is 0.393 bits per heavy atom. The average Bonchev–Trinajstić information content (AvgIpc) is 3.19. The van der Waals surface area contributed by atoms with Crippen molar-refractivity contribution in [1.29, 1.82) is 0 Å². The van der Waals surface area contributed by atoms with Crippen molar-refractivity contribution in [2.75, 3.05) is 52.4 Å². The van der Waals surface area contributed by atoms with Gasteiger partial charge in [-0.15, -0.1) is 0 Å². The molecular weight excluding hydrogens is 745 g/mol. The summed E-state index contributed by atoms with van der Waals surface area (Å²) < 4.78 is 0. The van der Waals surface area contributed by atoms with Gasteiger partial charge in [-0.05, 0) is 229 Å². The average molecular weight is 858 g/mol. The van der Waals surface area contributed by atoms with Crippen LogP contribution in [0.5, 0.6) is 0 Å². The Bertz CT molecular complexity index is 1040. The largest absolute Gasteiger partial charge is 0.298 e. The molecule has 0 bridgehead atoms. The van der Waals surface area contributed by atoms with Crippen LogP contribution in [0.3, 0.4) is 0 Å². The van der Waals surface area contributed by atoms with Crippen molar-refractivity contribution in [3.05, 3.63) is 11.6 Å². The quantitative estimate of drug-likeness (QED) is 0.227. The molecule has 6 aliphatic rings. The molecule has 4 saturated heterocycles. The van der Waals surface area contributed by atoms with Crippen LogP contribution in [-0.4, -0.2) is 99.9 Å². The molecule has 0 aromatic rings. The highest BCUT2D eigenvalue weighted by Crippen LogP contribution is 2.37. The number of hydrogen-bond donors (Lipinski definition) is 0. The lowest BCUT2D eigenvalue weighted by atomic mass is 9.72. The van der Waals surface area contributed by atoms with Crippen LogP contribution in [0.4, 0.5) is 0 Å². The first-order valence-corrected chi connectivity index (χ1v) is 26.2. The first-order chi connectivity index (χ1) is 28.0. The second-order valence-electron chi connectivity index (χ2n) is 25.8. The summed E-state index contributed by atoms with van der Waals surface area (Å²) in [7, 11) is 0. The smallest absolute Gasteiger partial charge is 0.146 e. The van der Waals surface area contributed by atoms with Gasteiger partial charge in [-0.25, -0.2) is 0 Å². The minimum Gasteiger partial charge on any atom is -0.298 e. The standard InChI is InChI=1S/C10H20.C10H18.C9H17NO.3C9H19N/c2*1-10(2,3)9-7-5-4-6-8-9;1-9(2,3)10-6-4-5-8(11)7-10;3*1-9(2,3)10-7-5-4-6-8-10/h9H,4-8H2,1-3H3;7H,4-6,8H2,1-3H3;4-7H2,1-3H3;3*4-8H2,1-3H3. The van der Waals surface area contributed by atoms with E-state index in [0.29, 0.717) is 39.8 Å². The van der Waals surface area contributed by atoms with E-state index < -0.39 is 0 Å². The van der Waals surface area contributed by atoms with Gasteiger partial charge in [0.2, 0.25) is 0 Å². The van der Waals surface area contributed by atoms with Crippen molar-refractivity contribution >= 4 is 5.78 Å². The van der Waals surface area contributed by atoms with Crippen LogP contribution in [0.2, 0.25) is 0 Å². The lowest BCUT2D eigenvalue weighted by molar-refractivity contribution is -0.123. The summed E-state index contributed by atoms with van der Waals surface area (Å²) in [6.45, 7) is 50.9. The number of Topliss-reactive ketones (excluding diaryl/α,β-unsaturated/α-hetero) is 1. The summed E-state index contributed by atoms with van der Waals surface area (Å²) in [5, 5.41) is 0. The maximum atomic E-state index is 11.1. The Morgan fingerprint density at radius 2 is 0.738 bits per heavy atom. The number of carbonyl (C=O) groups excluding carboxylic acids is 1. The number of ketones is 1. The summed E-state index contributed by atoms with van der Waals surface area (Å²) in [6.07, 6.45) is 29.8. The van der Waals surface area contributed by atoms with E-state index in [4.69, 9.17) is 0 Å². The monoisotopic (exact) mass is 857 g/mol. The zero-order valence-corrected chi connectivity index (χ0v) is 45.2. The molecule has 5 fully saturated rings. The molecule has 0 aromatic heterocycles. The zero-order chi connectivity index (χ0) is 46.5. The van der Waals surface area contributed by atoms with Gasteiger partial charge in [-0.3, -0.25) is 24.4 Å². The number of allylic oxidation sites excluding steroid dienone is 2. The topological polar surface area (TPSA) is 30.0 Å². The van der Waals surface area contributed by atoms with Crippen molar-refractivity contribution in [3.8, 4) is 0 Å². The Balaban J connectivity index is 0.000000366. The fourth-order valence-electron chi connectivity index (χ4n) is 9.59. The molecule has 6 rings (SSSR count). The number of piperidine rings is 4. The summed E-state index contributed by atoms with van der Waals surface area (Å²) in [5.41, 5.74) is 4.04. The van der Waals surface area contributed by atoms with E-state index >= 15 is 0 Å². The van der Waals surface area contributed by atoms with E-state index in [0.717, 1.165) is 25.3 Å². The maximum Gasteiger partial charge on any atom is 0.146 e. The number of likely N-dealkylation sites (tertiary alicyclic amines) is 4. The first kappa shape index (κ1) is 58.3. The van der Waals surface area contributed by atoms with Gasteiger partial charge >= 0.3 is 0 Å². The van der Waals surface area contributed by atoms with Gasteiger partial charge in [-0.1, -0.05) is 91.7 Å². The highest BCUT2D eigenvalue weighted by molar-refractivity contribution is 5.81. The van der Waals surface area contributed by atoms with Crippen molar-refractivity contribution in [2.24, 2.45) is 16.7 Å². The maximum absolute atomic E-state index is 11.1. The van der Waals surface area contributed by atoms with Crippen LogP contribution in [-0.2, 0) is 4.79 Å². The lowest BCUT2D eigenvalue weighted by Gasteiger charge is -2.38. The third-order valence-corrected chi connectivity index (χ3v) is 14.2. The van der Waals surface area contributed by atoms with E-state index in [-0.39, 0.29) is 5.54 Å². The molecule has 0 unspecified atom stereocenters. The molecule has 0 atom stereocenters. The molecule has 5 heteroatoms. The molecule has 0 N–H and O–H groups in total. The second-order valence-corrected chi connectivity index (χ2v) is 25.8. The molecule has 61 heavy (non-hydrogen) atoms. The van der Waals surface area contributed by atoms with Crippen LogP contribution in [0.15, 0.2) is 11.6 Å². The molecule has 0 radical (unpaired) electrons. The van der Waals surface area contributed by atoms with Crippen LogP contribution < -0.4 is 0 Å². The minimum atomic E-state index is 0.163. The molecule has 0 amide bonds. The van der Waals surface area contributed by atoms with Crippen LogP contribution in [0.1, 0.15) is 253 Å². The van der Waals surface area contributed by atoms with Crippen LogP contribution in [0.25, 0.3) is 0 Å². The van der Waals surface area contributed by atoms with E-state index in [1.54, 1.807) is 5.57 Å². The third-order valence-electron chi connectivity index (χ3n) is 14.2. The SMILES string of the molecule is CC(C)(C)C1=CCCCC1.CC(C)(C)C1CCCCC1.CC(C)(C)N1CCCC(=O)C1.CC(C)(C)N1CCCCC1.CC(C)(C)N1CCCCC1.CC(C)(C)N1CCCCC1. The molecular formula is C56H112N4O. The van der Waals surface area contributed by atoms with Crippen LogP contribution in [0, 0.1) is 16.7 Å². The number of hydrogen-bond acceptors (Lipinski definition) is 5. The summed E-state index contributed by atoms with van der Waals surface area (Å²) >= 11 is 0. The zero-order valence-electron chi connectivity index (χ0n) is 45.2. The van der Waals surface area contributed by atoms with Crippen molar-refractivity contribution in [1.82, 2.24) is 19.6 Å². The van der Waals surface area contributed by atoms with Gasteiger partial charge in [0.1, 0.15) is 5.78 Å². The molecule has 5 nitrogen and oxygen atoms in total. The Labute approximate surface area is 384 Å². The van der Waals surface area contributed by atoms with Gasteiger partial charge < -0.3 is 0 Å². The molecule has 2 aliphatic carbocycles. The summed E-state index contributed by atoms with van der Waals surface area (Å²) in [6, 6.07) is 0. The minimum absolute atomic E-state index is 0.163. The van der Waals surface area contributed by atoms with E-state index in [2.05, 4.69) is 150 Å². The lowest BCUT2D eigenvalue weighted by Crippen LogP contribution is -2.47. The van der Waals surface area contributed by atoms with Gasteiger partial charge in [0.15, 0.2) is 0 Å². The molecule has 362 valence electrons. The second kappa shape index (κ2) is 27.7.